The zero-order valence-corrected chi connectivity index (χ0v) is 23.7. The van der Waals surface area contributed by atoms with Crippen LogP contribution in [-0.2, 0) is 28.5 Å². The predicted octanol–water partition coefficient (Wildman–Crippen LogP) is 1.57. The molecule has 4 saturated heterocycles. The third-order valence-corrected chi connectivity index (χ3v) is 9.88. The van der Waals surface area contributed by atoms with Crippen molar-refractivity contribution in [3.8, 4) is 0 Å². The summed E-state index contributed by atoms with van der Waals surface area (Å²) < 4.78 is 24.8. The lowest BCUT2D eigenvalue weighted by atomic mass is 9.67. The van der Waals surface area contributed by atoms with Gasteiger partial charge in [-0.2, -0.15) is 0 Å². The van der Waals surface area contributed by atoms with E-state index in [2.05, 4.69) is 5.32 Å². The highest BCUT2D eigenvalue weighted by Gasteiger charge is 2.64. The minimum absolute atomic E-state index is 0.0183. The van der Waals surface area contributed by atoms with Crippen LogP contribution in [0.3, 0.4) is 0 Å². The molecule has 0 aromatic rings. The van der Waals surface area contributed by atoms with Gasteiger partial charge in [-0.05, 0) is 84.6 Å². The largest absolute Gasteiger partial charge is 0.457 e. The highest BCUT2D eigenvalue weighted by atomic mass is 16.7. The summed E-state index contributed by atoms with van der Waals surface area (Å²) in [5.74, 6) is -0.724. The molecule has 10 heteroatoms. The first-order chi connectivity index (χ1) is 18.5. The number of esters is 1. The Hall–Kier alpha value is -1.14. The third-order valence-electron chi connectivity index (χ3n) is 9.88. The van der Waals surface area contributed by atoms with Gasteiger partial charge in [0.1, 0.15) is 11.9 Å². The van der Waals surface area contributed by atoms with E-state index in [1.54, 1.807) is 0 Å². The number of fused-ring (bicyclic) bond motifs is 2. The summed E-state index contributed by atoms with van der Waals surface area (Å²) in [4.78, 5) is 26.5. The lowest BCUT2D eigenvalue weighted by Gasteiger charge is -2.53. The first-order valence-corrected chi connectivity index (χ1v) is 15.1. The van der Waals surface area contributed by atoms with Crippen LogP contribution in [0, 0.1) is 17.8 Å². The molecule has 4 heterocycles. The number of hydrogen-bond acceptors (Lipinski definition) is 10. The van der Waals surface area contributed by atoms with Crippen molar-refractivity contribution in [1.29, 1.82) is 0 Å². The molecule has 222 valence electrons. The maximum Gasteiger partial charge on any atom is 0.341 e. The minimum atomic E-state index is -1.00. The number of carbonyl (C=O) groups is 2. The maximum absolute atomic E-state index is 13.7. The summed E-state index contributed by atoms with van der Waals surface area (Å²) in [6, 6.07) is 0. The second kappa shape index (κ2) is 11.6. The fourth-order valence-corrected chi connectivity index (χ4v) is 7.60. The summed E-state index contributed by atoms with van der Waals surface area (Å²) in [5, 5.41) is 23.9. The zero-order chi connectivity index (χ0) is 27.9. The van der Waals surface area contributed by atoms with E-state index >= 15 is 0 Å². The van der Waals surface area contributed by atoms with Crippen molar-refractivity contribution in [3.05, 3.63) is 0 Å². The van der Waals surface area contributed by atoms with E-state index in [4.69, 9.17) is 24.7 Å². The van der Waals surface area contributed by atoms with E-state index in [1.807, 2.05) is 20.8 Å². The van der Waals surface area contributed by atoms with Gasteiger partial charge in [0.05, 0.1) is 48.2 Å². The second-order valence-electron chi connectivity index (χ2n) is 13.2. The van der Waals surface area contributed by atoms with Crippen molar-refractivity contribution in [2.24, 2.45) is 23.5 Å². The van der Waals surface area contributed by atoms with Gasteiger partial charge in [-0.25, -0.2) is 4.79 Å². The molecule has 1 saturated carbocycles. The molecule has 5 fully saturated rings. The topological polar surface area (TPSA) is 153 Å². The quantitative estimate of drug-likeness (QED) is 0.188. The van der Waals surface area contributed by atoms with Crippen LogP contribution >= 0.6 is 0 Å². The summed E-state index contributed by atoms with van der Waals surface area (Å²) in [5.41, 5.74) is 4.30. The van der Waals surface area contributed by atoms with Crippen molar-refractivity contribution in [3.63, 3.8) is 0 Å². The number of Topliss-reactive ketones (excluding diaryl/α,β-unsaturated/α-hetero) is 1. The van der Waals surface area contributed by atoms with E-state index in [1.165, 1.54) is 0 Å². The molecule has 11 atom stereocenters. The van der Waals surface area contributed by atoms with E-state index in [0.717, 1.165) is 32.2 Å². The Kier molecular flexibility index (Phi) is 8.75. The number of unbranched alkanes of at least 4 members (excludes halogenated alkanes) is 1. The normalized spacial score (nSPS) is 45.2. The highest BCUT2D eigenvalue weighted by molar-refractivity contribution is 5.84. The molecule has 5 rings (SSSR count). The van der Waals surface area contributed by atoms with Gasteiger partial charge in [0.2, 0.25) is 0 Å². The molecule has 0 amide bonds. The number of rotatable bonds is 9. The van der Waals surface area contributed by atoms with E-state index < -0.39 is 29.3 Å². The van der Waals surface area contributed by atoms with Crippen molar-refractivity contribution in [2.45, 2.75) is 139 Å². The molecule has 10 nitrogen and oxygen atoms in total. The predicted molar refractivity (Wildman–Crippen MR) is 141 cm³/mol. The SMILES string of the molecule is CC1CC(=O)C2C(CC3OC(C)(C)[C@H](OC(=O)[C@]4(CCCCO)O[C@@H]4CCC4CCNC(N)C4)CC3C2O)O1. The van der Waals surface area contributed by atoms with Crippen molar-refractivity contribution in [2.75, 3.05) is 13.2 Å². The zero-order valence-electron chi connectivity index (χ0n) is 23.7. The molecular formula is C29H48N2O8. The molecule has 5 aliphatic rings. The number of carbonyl (C=O) groups excluding carboxylic acids is 2. The van der Waals surface area contributed by atoms with Crippen LogP contribution in [0.15, 0.2) is 0 Å². The molecule has 0 radical (unpaired) electrons. The van der Waals surface area contributed by atoms with Crippen LogP contribution in [0.2, 0.25) is 0 Å². The smallest absolute Gasteiger partial charge is 0.341 e. The van der Waals surface area contributed by atoms with Gasteiger partial charge in [-0.15, -0.1) is 0 Å². The first kappa shape index (κ1) is 29.4. The molecule has 0 bridgehead atoms. The number of nitrogens with one attached hydrogen (secondary N) is 1. The highest BCUT2D eigenvalue weighted by Crippen LogP contribution is 2.49. The Labute approximate surface area is 231 Å². The van der Waals surface area contributed by atoms with Crippen LogP contribution in [0.5, 0.6) is 0 Å². The average molecular weight is 553 g/mol. The maximum atomic E-state index is 13.7. The van der Waals surface area contributed by atoms with Crippen LogP contribution in [0.25, 0.3) is 0 Å². The van der Waals surface area contributed by atoms with E-state index in [-0.39, 0.29) is 54.9 Å². The number of epoxide rings is 1. The summed E-state index contributed by atoms with van der Waals surface area (Å²) in [7, 11) is 0. The molecule has 4 aliphatic heterocycles. The van der Waals surface area contributed by atoms with Crippen LogP contribution in [0.1, 0.15) is 85.0 Å². The van der Waals surface area contributed by atoms with Gasteiger partial charge >= 0.3 is 5.97 Å². The summed E-state index contributed by atoms with van der Waals surface area (Å²) in [6.07, 6.45) is 4.26. The molecule has 0 aromatic carbocycles. The summed E-state index contributed by atoms with van der Waals surface area (Å²) in [6.45, 7) is 6.69. The van der Waals surface area contributed by atoms with Gasteiger partial charge in [-0.3, -0.25) is 4.79 Å². The number of ether oxygens (including phenoxy) is 4. The van der Waals surface area contributed by atoms with Crippen molar-refractivity contribution in [1.82, 2.24) is 5.32 Å². The Bertz CT molecular complexity index is 901. The Morgan fingerprint density at radius 2 is 1.95 bits per heavy atom. The lowest BCUT2D eigenvalue weighted by Crippen LogP contribution is -2.63. The first-order valence-electron chi connectivity index (χ1n) is 15.1. The molecular weight excluding hydrogens is 504 g/mol. The Morgan fingerprint density at radius 3 is 2.69 bits per heavy atom. The minimum Gasteiger partial charge on any atom is -0.457 e. The van der Waals surface area contributed by atoms with Gasteiger partial charge in [-0.1, -0.05) is 0 Å². The van der Waals surface area contributed by atoms with E-state index in [0.29, 0.717) is 44.4 Å². The molecule has 5 N–H and O–H groups in total. The molecule has 39 heavy (non-hydrogen) atoms. The lowest BCUT2D eigenvalue weighted by molar-refractivity contribution is -0.257. The van der Waals surface area contributed by atoms with Crippen molar-refractivity contribution >= 4 is 11.8 Å². The number of aliphatic hydroxyl groups excluding tert-OH is 2. The number of piperidine rings is 1. The number of nitrogens with two attached hydrogens (primary N) is 1. The van der Waals surface area contributed by atoms with Crippen LogP contribution in [-0.4, -0.2) is 89.1 Å². The molecule has 8 unspecified atom stereocenters. The average Bonchev–Trinajstić information content (AvgIpc) is 3.57. The number of hydrogen-bond donors (Lipinski definition) is 4. The second-order valence-corrected chi connectivity index (χ2v) is 13.2. The van der Waals surface area contributed by atoms with Gasteiger partial charge in [0.25, 0.3) is 0 Å². The Morgan fingerprint density at radius 1 is 1.15 bits per heavy atom. The van der Waals surface area contributed by atoms with Crippen molar-refractivity contribution < 1.29 is 38.7 Å². The van der Waals surface area contributed by atoms with Crippen LogP contribution in [0.4, 0.5) is 0 Å². The van der Waals surface area contributed by atoms with Crippen LogP contribution < -0.4 is 11.1 Å². The monoisotopic (exact) mass is 552 g/mol. The van der Waals surface area contributed by atoms with Gasteiger partial charge < -0.3 is 40.2 Å². The molecule has 0 aromatic heterocycles. The Balaban J connectivity index is 1.24. The standard InChI is InChI=1S/C29H48N2O8/c1-16-12-19(33)25-21(36-16)15-20-18(26(25)34)14-23(28(2,3)38-20)37-27(35)29(9-4-5-11-32)22(39-29)7-6-17-8-10-31-24(30)13-17/h16-18,20-26,31-32,34H,4-15,30H2,1-3H3/t16?,17?,18?,20?,21?,22-,23-,24?,25?,26?,29-/m1/s1. The van der Waals surface area contributed by atoms with Gasteiger partial charge in [0.15, 0.2) is 5.60 Å². The summed E-state index contributed by atoms with van der Waals surface area (Å²) >= 11 is 0. The fourth-order valence-electron chi connectivity index (χ4n) is 7.60. The number of aliphatic hydroxyl groups is 2. The molecule has 1 aliphatic carbocycles. The fraction of sp³-hybridized carbons (Fsp3) is 0.931. The molecule has 0 spiro atoms. The van der Waals surface area contributed by atoms with E-state index in [9.17, 15) is 19.8 Å². The third kappa shape index (κ3) is 6.08. The number of ketones is 1. The van der Waals surface area contributed by atoms with Gasteiger partial charge in [0, 0.05) is 25.4 Å².